The quantitative estimate of drug-likeness (QED) is 0.576. The summed E-state index contributed by atoms with van der Waals surface area (Å²) in [5, 5.41) is 7.48. The molecule has 1 atom stereocenters. The Morgan fingerprint density at radius 2 is 1.85 bits per heavy atom. The van der Waals surface area contributed by atoms with Crippen molar-refractivity contribution in [3.63, 3.8) is 0 Å². The van der Waals surface area contributed by atoms with Crippen LogP contribution in [0.4, 0.5) is 10.2 Å². The number of hydrogen-bond donors (Lipinski definition) is 1. The number of carbonyl (C=O) groups is 1. The van der Waals surface area contributed by atoms with E-state index in [1.807, 2.05) is 23.1 Å². The molecule has 1 aliphatic rings. The normalized spacial score (nSPS) is 15.6. The minimum absolute atomic E-state index is 0.0358. The van der Waals surface area contributed by atoms with Gasteiger partial charge in [-0.25, -0.2) is 4.39 Å². The lowest BCUT2D eigenvalue weighted by Crippen LogP contribution is -2.43. The van der Waals surface area contributed by atoms with E-state index in [9.17, 15) is 14.0 Å². The maximum Gasteiger partial charge on any atom is 0.271 e. The predicted octanol–water partition coefficient (Wildman–Crippen LogP) is 2.92. The van der Waals surface area contributed by atoms with Crippen molar-refractivity contribution in [1.29, 1.82) is 0 Å². The van der Waals surface area contributed by atoms with Crippen LogP contribution in [0.25, 0.3) is 5.69 Å². The molecule has 8 nitrogen and oxygen atoms in total. The van der Waals surface area contributed by atoms with Gasteiger partial charge in [0.15, 0.2) is 11.5 Å². The van der Waals surface area contributed by atoms with Crippen molar-refractivity contribution in [2.24, 2.45) is 5.92 Å². The van der Waals surface area contributed by atoms with E-state index in [1.165, 1.54) is 35.0 Å². The molecular formula is C25H27FN4O4. The van der Waals surface area contributed by atoms with Crippen LogP contribution in [-0.2, 0) is 11.3 Å². The van der Waals surface area contributed by atoms with Crippen LogP contribution < -0.4 is 25.2 Å². The van der Waals surface area contributed by atoms with Crippen LogP contribution in [-0.4, -0.2) is 43.0 Å². The van der Waals surface area contributed by atoms with E-state index in [0.717, 1.165) is 24.9 Å². The molecule has 1 amide bonds. The molecule has 0 aliphatic carbocycles. The lowest BCUT2D eigenvalue weighted by Gasteiger charge is -2.33. The fraction of sp³-hybridized carbons (Fsp3) is 0.320. The Bertz CT molecular complexity index is 1210. The number of amides is 1. The number of methoxy groups -OCH3 is 2. The molecule has 0 saturated carbocycles. The number of ether oxygens (including phenoxy) is 2. The van der Waals surface area contributed by atoms with E-state index >= 15 is 0 Å². The predicted molar refractivity (Wildman–Crippen MR) is 126 cm³/mol. The summed E-state index contributed by atoms with van der Waals surface area (Å²) < 4.78 is 25.1. The molecule has 1 saturated heterocycles. The zero-order valence-electron chi connectivity index (χ0n) is 19.2. The molecule has 0 bridgehead atoms. The Morgan fingerprint density at radius 3 is 2.59 bits per heavy atom. The Morgan fingerprint density at radius 1 is 1.09 bits per heavy atom. The molecule has 1 fully saturated rings. The molecule has 0 radical (unpaired) electrons. The van der Waals surface area contributed by atoms with Crippen LogP contribution in [0.3, 0.4) is 0 Å². The van der Waals surface area contributed by atoms with Gasteiger partial charge in [-0.15, -0.1) is 5.10 Å². The molecule has 4 rings (SSSR count). The first kappa shape index (κ1) is 23.3. The zero-order valence-corrected chi connectivity index (χ0v) is 19.2. The number of benzene rings is 2. The summed E-state index contributed by atoms with van der Waals surface area (Å²) in [7, 11) is 3.15. The van der Waals surface area contributed by atoms with E-state index in [1.54, 1.807) is 20.3 Å². The van der Waals surface area contributed by atoms with Crippen molar-refractivity contribution >= 4 is 11.7 Å². The molecule has 1 aliphatic heterocycles. The van der Waals surface area contributed by atoms with E-state index in [2.05, 4.69) is 10.4 Å². The molecule has 2 aromatic carbocycles. The third-order valence-electron chi connectivity index (χ3n) is 5.89. The van der Waals surface area contributed by atoms with Gasteiger partial charge < -0.3 is 19.7 Å². The third-order valence-corrected chi connectivity index (χ3v) is 5.89. The minimum atomic E-state index is -0.383. The van der Waals surface area contributed by atoms with E-state index in [4.69, 9.17) is 9.47 Å². The summed E-state index contributed by atoms with van der Waals surface area (Å²) in [4.78, 5) is 27.2. The van der Waals surface area contributed by atoms with Crippen LogP contribution in [0.5, 0.6) is 11.5 Å². The summed E-state index contributed by atoms with van der Waals surface area (Å²) in [6.07, 6.45) is 1.59. The highest BCUT2D eigenvalue weighted by Crippen LogP contribution is 2.27. The van der Waals surface area contributed by atoms with Gasteiger partial charge in [-0.3, -0.25) is 9.59 Å². The number of carbonyl (C=O) groups excluding carboxylic acids is 1. The van der Waals surface area contributed by atoms with Crippen molar-refractivity contribution in [3.05, 3.63) is 76.3 Å². The van der Waals surface area contributed by atoms with Crippen LogP contribution in [0, 0.1) is 11.7 Å². The van der Waals surface area contributed by atoms with Crippen molar-refractivity contribution in [2.75, 3.05) is 32.2 Å². The average molecular weight is 467 g/mol. The summed E-state index contributed by atoms with van der Waals surface area (Å²) in [6.45, 7) is 1.60. The molecule has 178 valence electrons. The second-order valence-corrected chi connectivity index (χ2v) is 8.11. The van der Waals surface area contributed by atoms with Crippen LogP contribution in [0.2, 0.25) is 0 Å². The first-order chi connectivity index (χ1) is 16.5. The fourth-order valence-corrected chi connectivity index (χ4v) is 4.06. The van der Waals surface area contributed by atoms with Gasteiger partial charge in [0.05, 0.1) is 25.8 Å². The second kappa shape index (κ2) is 10.4. The number of rotatable bonds is 7. The molecule has 1 N–H and O–H groups in total. The lowest BCUT2D eigenvalue weighted by atomic mass is 9.97. The van der Waals surface area contributed by atoms with Crippen molar-refractivity contribution in [2.45, 2.75) is 19.4 Å². The Hall–Kier alpha value is -3.88. The summed E-state index contributed by atoms with van der Waals surface area (Å²) >= 11 is 0. The van der Waals surface area contributed by atoms with Gasteiger partial charge in [0.1, 0.15) is 11.6 Å². The number of hydrogen-bond acceptors (Lipinski definition) is 6. The van der Waals surface area contributed by atoms with E-state index in [-0.39, 0.29) is 23.2 Å². The smallest absolute Gasteiger partial charge is 0.271 e. The van der Waals surface area contributed by atoms with Gasteiger partial charge >= 0.3 is 0 Å². The van der Waals surface area contributed by atoms with Crippen molar-refractivity contribution in [1.82, 2.24) is 15.1 Å². The standard InChI is InChI=1S/C25H27FN4O4/c1-33-21-10-5-17(14-22(21)34-2)15-27-25(32)18-4-3-13-29(16-18)23-11-12-24(31)30(28-23)20-8-6-19(26)7-9-20/h5-12,14,18H,3-4,13,15-16H2,1-2H3,(H,27,32)/t18-/m1/s1. The lowest BCUT2D eigenvalue weighted by molar-refractivity contribution is -0.125. The van der Waals surface area contributed by atoms with Crippen LogP contribution in [0.1, 0.15) is 18.4 Å². The second-order valence-electron chi connectivity index (χ2n) is 8.11. The average Bonchev–Trinajstić information content (AvgIpc) is 2.88. The van der Waals surface area contributed by atoms with E-state index in [0.29, 0.717) is 36.1 Å². The fourth-order valence-electron chi connectivity index (χ4n) is 4.06. The molecule has 34 heavy (non-hydrogen) atoms. The van der Waals surface area contributed by atoms with E-state index < -0.39 is 0 Å². The monoisotopic (exact) mass is 466 g/mol. The molecule has 0 spiro atoms. The highest BCUT2D eigenvalue weighted by Gasteiger charge is 2.27. The van der Waals surface area contributed by atoms with Gasteiger partial charge in [0.25, 0.3) is 5.56 Å². The van der Waals surface area contributed by atoms with Gasteiger partial charge in [0.2, 0.25) is 5.91 Å². The van der Waals surface area contributed by atoms with Crippen LogP contribution >= 0.6 is 0 Å². The number of anilines is 1. The summed E-state index contributed by atoms with van der Waals surface area (Å²) in [5.74, 6) is 1.22. The van der Waals surface area contributed by atoms with Crippen LogP contribution in [0.15, 0.2) is 59.4 Å². The number of nitrogens with zero attached hydrogens (tertiary/aromatic N) is 3. The molecule has 0 unspecified atom stereocenters. The first-order valence-corrected chi connectivity index (χ1v) is 11.1. The van der Waals surface area contributed by atoms with Crippen molar-refractivity contribution < 1.29 is 18.7 Å². The molecule has 1 aromatic heterocycles. The summed E-state index contributed by atoms with van der Waals surface area (Å²) in [6, 6.07) is 14.2. The summed E-state index contributed by atoms with van der Waals surface area (Å²) in [5.41, 5.74) is 1.08. The number of aromatic nitrogens is 2. The molecule has 3 aromatic rings. The number of nitrogens with one attached hydrogen (secondary N) is 1. The van der Waals surface area contributed by atoms with Gasteiger partial charge in [-0.1, -0.05) is 6.07 Å². The van der Waals surface area contributed by atoms with Gasteiger partial charge in [-0.2, -0.15) is 4.68 Å². The molecular weight excluding hydrogens is 439 g/mol. The zero-order chi connectivity index (χ0) is 24.1. The SMILES string of the molecule is COc1ccc(CNC(=O)[C@@H]2CCCN(c3ccc(=O)n(-c4ccc(F)cc4)n3)C2)cc1OC. The molecule has 2 heterocycles. The molecule has 9 heteroatoms. The maximum atomic E-state index is 13.3. The largest absolute Gasteiger partial charge is 0.493 e. The third kappa shape index (κ3) is 5.19. The van der Waals surface area contributed by atoms with Gasteiger partial charge in [0, 0.05) is 25.7 Å². The minimum Gasteiger partial charge on any atom is -0.493 e. The maximum absolute atomic E-state index is 13.3. The first-order valence-electron chi connectivity index (χ1n) is 11.1. The number of halogens is 1. The highest BCUT2D eigenvalue weighted by atomic mass is 19.1. The number of piperidine rings is 1. The Labute approximate surface area is 196 Å². The Kier molecular flexibility index (Phi) is 7.10. The highest BCUT2D eigenvalue weighted by molar-refractivity contribution is 5.79. The van der Waals surface area contributed by atoms with Gasteiger partial charge in [-0.05, 0) is 60.9 Å². The van der Waals surface area contributed by atoms with Crippen molar-refractivity contribution in [3.8, 4) is 17.2 Å². The Balaban J connectivity index is 1.43. The topological polar surface area (TPSA) is 85.7 Å².